The number of halogens is 8. The van der Waals surface area contributed by atoms with Gasteiger partial charge in [-0.1, -0.05) is 46.4 Å². The number of hydrogen-bond donors (Lipinski definition) is 2. The number of fused-ring (bicyclic) bond motifs is 6. The number of benzene rings is 3. The first-order valence-corrected chi connectivity index (χ1v) is 14.5. The lowest BCUT2D eigenvalue weighted by Crippen LogP contribution is -2.35. The molecule has 2 aliphatic heterocycles. The van der Waals surface area contributed by atoms with Gasteiger partial charge < -0.3 is 19.7 Å². The Kier molecular flexibility index (Phi) is 6.57. The van der Waals surface area contributed by atoms with Gasteiger partial charge in [0.1, 0.15) is 10.8 Å². The summed E-state index contributed by atoms with van der Waals surface area (Å²) in [5.74, 6) is -0.640. The minimum Gasteiger partial charge on any atom is -0.506 e. The van der Waals surface area contributed by atoms with Crippen molar-refractivity contribution in [1.29, 1.82) is 0 Å². The Labute approximate surface area is 261 Å². The standard InChI is InChI=1S/C20H4Cl4I4O5/c21-3-1-2-4(22)6-5(3)19(31)33-20(6)7-9(23)10(24)15(29)13(27)17(7)32-18-8(20)11(25)12(26)16(30)14(18)28/h1-2,29-30H. The summed E-state index contributed by atoms with van der Waals surface area (Å²) in [4.78, 5) is 13.2. The van der Waals surface area contributed by atoms with E-state index in [1.807, 2.05) is 90.4 Å². The van der Waals surface area contributed by atoms with Gasteiger partial charge in [0, 0.05) is 14.2 Å². The molecule has 0 bridgehead atoms. The number of aromatic hydroxyl groups is 2. The first-order valence-electron chi connectivity index (χ1n) is 8.64. The molecule has 5 rings (SSSR count). The highest BCUT2D eigenvalue weighted by molar-refractivity contribution is 14.1. The third-order valence-electron chi connectivity index (χ3n) is 5.32. The maximum Gasteiger partial charge on any atom is 0.341 e. The van der Waals surface area contributed by atoms with Gasteiger partial charge in [-0.2, -0.15) is 0 Å². The molecule has 1 spiro atoms. The van der Waals surface area contributed by atoms with Crippen LogP contribution in [-0.4, -0.2) is 16.2 Å². The maximum atomic E-state index is 13.2. The molecule has 0 saturated carbocycles. The van der Waals surface area contributed by atoms with Gasteiger partial charge in [0.05, 0.1) is 37.4 Å². The summed E-state index contributed by atoms with van der Waals surface area (Å²) in [7, 11) is 0. The van der Waals surface area contributed by atoms with Crippen LogP contribution in [0.5, 0.6) is 23.0 Å². The van der Waals surface area contributed by atoms with Crippen LogP contribution < -0.4 is 4.74 Å². The van der Waals surface area contributed by atoms with Gasteiger partial charge in [0.15, 0.2) is 22.8 Å². The van der Waals surface area contributed by atoms with Crippen molar-refractivity contribution in [2.24, 2.45) is 0 Å². The second kappa shape index (κ2) is 8.58. The molecular formula is C20H4Cl4I4O5. The summed E-state index contributed by atoms with van der Waals surface area (Å²) < 4.78 is 14.0. The van der Waals surface area contributed by atoms with E-state index in [0.717, 1.165) is 0 Å². The first-order chi connectivity index (χ1) is 15.4. The highest BCUT2D eigenvalue weighted by Gasteiger charge is 2.59. The number of carbonyl (C=O) groups excluding carboxylic acids is 1. The van der Waals surface area contributed by atoms with Gasteiger partial charge >= 0.3 is 5.97 Å². The molecule has 2 N–H and O–H groups in total. The van der Waals surface area contributed by atoms with E-state index in [2.05, 4.69) is 0 Å². The van der Waals surface area contributed by atoms with E-state index in [9.17, 15) is 15.0 Å². The molecule has 0 aromatic heterocycles. The predicted octanol–water partition coefficient (Wildman–Crippen LogP) is 8.70. The van der Waals surface area contributed by atoms with E-state index in [1.54, 1.807) is 6.07 Å². The van der Waals surface area contributed by atoms with Crippen molar-refractivity contribution in [1.82, 2.24) is 0 Å². The van der Waals surface area contributed by atoms with Crippen LogP contribution in [0.15, 0.2) is 12.1 Å². The van der Waals surface area contributed by atoms with Gasteiger partial charge in [0.2, 0.25) is 0 Å². The predicted molar refractivity (Wildman–Crippen MR) is 159 cm³/mol. The number of phenolic OH excluding ortho intramolecular Hbond substituents is 2. The maximum absolute atomic E-state index is 13.2. The van der Waals surface area contributed by atoms with E-state index in [-0.39, 0.29) is 63.3 Å². The second-order valence-corrected chi connectivity index (χ2v) is 12.8. The number of phenols is 2. The van der Waals surface area contributed by atoms with Crippen LogP contribution in [0.1, 0.15) is 27.0 Å². The number of ether oxygens (including phenoxy) is 2. The van der Waals surface area contributed by atoms with E-state index in [0.29, 0.717) is 16.3 Å². The van der Waals surface area contributed by atoms with Crippen LogP contribution >= 0.6 is 137 Å². The van der Waals surface area contributed by atoms with Crippen molar-refractivity contribution in [2.75, 3.05) is 0 Å². The number of rotatable bonds is 0. The Bertz CT molecular complexity index is 1390. The molecule has 3 aromatic rings. The minimum absolute atomic E-state index is 0.000946. The molecule has 3 aromatic carbocycles. The average Bonchev–Trinajstić information content (AvgIpc) is 3.08. The molecule has 0 aliphatic carbocycles. The molecule has 5 nitrogen and oxygen atoms in total. The van der Waals surface area contributed by atoms with Crippen LogP contribution in [0.3, 0.4) is 0 Å². The number of esters is 1. The molecular weight excluding hydrogens is 970 g/mol. The number of carbonyl (C=O) groups is 1. The van der Waals surface area contributed by atoms with E-state index in [1.165, 1.54) is 6.07 Å². The molecule has 2 heterocycles. The molecule has 33 heavy (non-hydrogen) atoms. The monoisotopic (exact) mass is 971 g/mol. The lowest BCUT2D eigenvalue weighted by Gasteiger charge is -2.39. The third kappa shape index (κ3) is 3.27. The van der Waals surface area contributed by atoms with Crippen molar-refractivity contribution in [2.45, 2.75) is 5.60 Å². The summed E-state index contributed by atoms with van der Waals surface area (Å²) in [5, 5.41) is 21.5. The molecule has 0 saturated heterocycles. The molecule has 0 fully saturated rings. The lowest BCUT2D eigenvalue weighted by molar-refractivity contribution is 0.0221. The van der Waals surface area contributed by atoms with Gasteiger partial charge in [-0.05, 0) is 102 Å². The summed E-state index contributed by atoms with van der Waals surface area (Å²) >= 11 is 34.0. The van der Waals surface area contributed by atoms with Crippen molar-refractivity contribution in [3.05, 3.63) is 68.8 Å². The fraction of sp³-hybridized carbons (Fsp3) is 0.0500. The second-order valence-electron chi connectivity index (χ2n) is 6.94. The fourth-order valence-corrected chi connectivity index (χ4v) is 8.41. The quantitative estimate of drug-likeness (QED) is 0.134. The van der Waals surface area contributed by atoms with E-state index in [4.69, 9.17) is 55.9 Å². The Morgan fingerprint density at radius 3 is 1.97 bits per heavy atom. The highest BCUT2D eigenvalue weighted by atomic mass is 127. The Balaban J connectivity index is 2.10. The van der Waals surface area contributed by atoms with Crippen LogP contribution in [0.25, 0.3) is 0 Å². The van der Waals surface area contributed by atoms with Crippen LogP contribution in [0.2, 0.25) is 20.1 Å². The molecule has 0 radical (unpaired) electrons. The zero-order valence-electron chi connectivity index (χ0n) is 15.3. The van der Waals surface area contributed by atoms with Crippen molar-refractivity contribution in [3.8, 4) is 23.0 Å². The van der Waals surface area contributed by atoms with E-state index >= 15 is 0 Å². The van der Waals surface area contributed by atoms with Crippen LogP contribution in [-0.2, 0) is 10.3 Å². The SMILES string of the molecule is O=C1OC2(c3c(Cl)c(Cl)c(O)c(I)c3Oc3c(I)c(O)c(I)c(I)c32)c2c(Cl)ccc(Cl)c21. The Hall–Kier alpha value is 0.610. The normalized spacial score (nSPS) is 18.0. The van der Waals surface area contributed by atoms with Gasteiger partial charge in [0.25, 0.3) is 0 Å². The van der Waals surface area contributed by atoms with Crippen LogP contribution in [0.4, 0.5) is 0 Å². The van der Waals surface area contributed by atoms with Crippen molar-refractivity contribution < 1.29 is 24.5 Å². The van der Waals surface area contributed by atoms with E-state index < -0.39 is 11.6 Å². The summed E-state index contributed by atoms with van der Waals surface area (Å²) in [5.41, 5.74) is -0.710. The smallest absolute Gasteiger partial charge is 0.341 e. The molecule has 13 heteroatoms. The molecule has 170 valence electrons. The topological polar surface area (TPSA) is 76.0 Å². The van der Waals surface area contributed by atoms with Gasteiger partial charge in [-0.15, -0.1) is 0 Å². The zero-order valence-corrected chi connectivity index (χ0v) is 27.0. The largest absolute Gasteiger partial charge is 0.506 e. The van der Waals surface area contributed by atoms with Crippen molar-refractivity contribution in [3.63, 3.8) is 0 Å². The fourth-order valence-electron chi connectivity index (χ4n) is 3.99. The molecule has 0 amide bonds. The Morgan fingerprint density at radius 2 is 1.30 bits per heavy atom. The third-order valence-corrected chi connectivity index (χ3v) is 12.0. The zero-order chi connectivity index (χ0) is 24.1. The number of hydrogen-bond acceptors (Lipinski definition) is 5. The van der Waals surface area contributed by atoms with Crippen molar-refractivity contribution >= 4 is 143 Å². The summed E-state index contributed by atoms with van der Waals surface area (Å²) in [6.45, 7) is 0. The lowest BCUT2D eigenvalue weighted by atomic mass is 9.77. The highest BCUT2D eigenvalue weighted by Crippen LogP contribution is 2.65. The van der Waals surface area contributed by atoms with Gasteiger partial charge in [-0.3, -0.25) is 0 Å². The minimum atomic E-state index is -1.70. The molecule has 1 unspecified atom stereocenters. The summed E-state index contributed by atoms with van der Waals surface area (Å²) in [6, 6.07) is 3.07. The molecule has 2 aliphatic rings. The summed E-state index contributed by atoms with van der Waals surface area (Å²) in [6.07, 6.45) is 0. The van der Waals surface area contributed by atoms with Crippen LogP contribution in [0, 0.1) is 14.3 Å². The van der Waals surface area contributed by atoms with Gasteiger partial charge in [-0.25, -0.2) is 4.79 Å². The molecule has 1 atom stereocenters. The first kappa shape index (κ1) is 25.3. The Morgan fingerprint density at radius 1 is 0.727 bits per heavy atom. The average molecular weight is 974 g/mol.